The third-order valence-corrected chi connectivity index (χ3v) is 4.67. The lowest BCUT2D eigenvalue weighted by molar-refractivity contribution is -0.121. The highest BCUT2D eigenvalue weighted by Gasteiger charge is 2.43. The number of nitrogens with one attached hydrogen (secondary N) is 1. The summed E-state index contributed by atoms with van der Waals surface area (Å²) in [5.41, 5.74) is 7.39. The van der Waals surface area contributed by atoms with Crippen LogP contribution in [-0.4, -0.2) is 53.0 Å². The van der Waals surface area contributed by atoms with Crippen LogP contribution in [0.5, 0.6) is 0 Å². The molecule has 6 nitrogen and oxygen atoms in total. The van der Waals surface area contributed by atoms with E-state index in [0.29, 0.717) is 19.6 Å². The maximum absolute atomic E-state index is 12.5. The van der Waals surface area contributed by atoms with E-state index >= 15 is 0 Å². The van der Waals surface area contributed by atoms with Crippen LogP contribution in [0.3, 0.4) is 0 Å². The molecule has 2 unspecified atom stereocenters. The molecule has 0 spiro atoms. The zero-order valence-corrected chi connectivity index (χ0v) is 15.0. The molecule has 0 aliphatic carbocycles. The van der Waals surface area contributed by atoms with Gasteiger partial charge < -0.3 is 20.9 Å². The lowest BCUT2D eigenvalue weighted by atomic mass is 9.88. The van der Waals surface area contributed by atoms with Gasteiger partial charge in [0.25, 0.3) is 0 Å². The molecule has 3 N–H and O–H groups in total. The molecule has 2 aliphatic rings. The molecule has 134 valence electrons. The minimum atomic E-state index is -0.410. The van der Waals surface area contributed by atoms with Crippen molar-refractivity contribution >= 4 is 17.5 Å². The molecule has 25 heavy (non-hydrogen) atoms. The third-order valence-electron chi connectivity index (χ3n) is 4.67. The number of primary amides is 1. The van der Waals surface area contributed by atoms with Crippen LogP contribution in [0.1, 0.15) is 26.3 Å². The molecular formula is C19H26N4O2. The molecule has 0 bridgehead atoms. The summed E-state index contributed by atoms with van der Waals surface area (Å²) in [4.78, 5) is 28.6. The molecule has 3 amide bonds. The molecule has 1 aromatic rings. The third kappa shape index (κ3) is 3.62. The van der Waals surface area contributed by atoms with Crippen molar-refractivity contribution in [1.82, 2.24) is 15.1 Å². The standard InChI is InChI=1S/C19H26N4O2/c1-19(2,3)21-18(25)23-10-9-22-11-14(13-7-5-4-6-8-13)16(17(20)24)15(22)12-23/h4-8,11,15-16H,9-10,12H2,1-3H3,(H2,20,24)(H,21,25). The summed E-state index contributed by atoms with van der Waals surface area (Å²) < 4.78 is 0. The zero-order chi connectivity index (χ0) is 18.2. The molecule has 0 aromatic heterocycles. The number of hydrogen-bond acceptors (Lipinski definition) is 3. The van der Waals surface area contributed by atoms with Gasteiger partial charge >= 0.3 is 6.03 Å². The molecule has 0 radical (unpaired) electrons. The van der Waals surface area contributed by atoms with Gasteiger partial charge in [0.15, 0.2) is 0 Å². The molecule has 1 fully saturated rings. The van der Waals surface area contributed by atoms with Crippen LogP contribution in [0.15, 0.2) is 36.5 Å². The monoisotopic (exact) mass is 342 g/mol. The summed E-state index contributed by atoms with van der Waals surface area (Å²) in [5.74, 6) is -0.756. The number of piperazine rings is 1. The number of hydrogen-bond donors (Lipinski definition) is 2. The second-order valence-electron chi connectivity index (χ2n) is 7.76. The van der Waals surface area contributed by atoms with Gasteiger partial charge in [-0.15, -0.1) is 0 Å². The fraction of sp³-hybridized carbons (Fsp3) is 0.474. The summed E-state index contributed by atoms with van der Waals surface area (Å²) >= 11 is 0. The maximum atomic E-state index is 12.5. The normalized spacial score (nSPS) is 23.1. The Bertz CT molecular complexity index is 693. The first-order valence-corrected chi connectivity index (χ1v) is 8.65. The lowest BCUT2D eigenvalue weighted by Gasteiger charge is -2.40. The first-order chi connectivity index (χ1) is 11.8. The summed E-state index contributed by atoms with van der Waals surface area (Å²) in [7, 11) is 0. The molecule has 0 saturated carbocycles. The second kappa shape index (κ2) is 6.43. The van der Waals surface area contributed by atoms with Crippen LogP contribution >= 0.6 is 0 Å². The summed E-state index contributed by atoms with van der Waals surface area (Å²) in [5, 5.41) is 2.99. The fourth-order valence-corrected chi connectivity index (χ4v) is 3.56. The topological polar surface area (TPSA) is 78.7 Å². The Balaban J connectivity index is 1.81. The van der Waals surface area contributed by atoms with Crippen LogP contribution in [0, 0.1) is 5.92 Å². The predicted molar refractivity (Wildman–Crippen MR) is 97.5 cm³/mol. The maximum Gasteiger partial charge on any atom is 0.317 e. The van der Waals surface area contributed by atoms with Crippen LogP contribution < -0.4 is 11.1 Å². The molecule has 2 heterocycles. The summed E-state index contributed by atoms with van der Waals surface area (Å²) in [6.45, 7) is 7.68. The number of urea groups is 1. The van der Waals surface area contributed by atoms with Crippen LogP contribution in [0.25, 0.3) is 5.57 Å². The van der Waals surface area contributed by atoms with Crippen molar-refractivity contribution in [3.8, 4) is 0 Å². The van der Waals surface area contributed by atoms with E-state index in [4.69, 9.17) is 5.73 Å². The number of rotatable bonds is 2. The van der Waals surface area contributed by atoms with Crippen LogP contribution in [0.4, 0.5) is 4.79 Å². The van der Waals surface area contributed by atoms with Gasteiger partial charge in [-0.25, -0.2) is 4.79 Å². The molecule has 3 rings (SSSR count). The van der Waals surface area contributed by atoms with Gasteiger partial charge in [0.05, 0.1) is 12.0 Å². The highest BCUT2D eigenvalue weighted by atomic mass is 16.2. The van der Waals surface area contributed by atoms with Crippen molar-refractivity contribution in [3.05, 3.63) is 42.1 Å². The summed E-state index contributed by atoms with van der Waals surface area (Å²) in [6.07, 6.45) is 2.04. The Morgan fingerprint density at radius 3 is 2.44 bits per heavy atom. The van der Waals surface area contributed by atoms with E-state index in [2.05, 4.69) is 10.2 Å². The van der Waals surface area contributed by atoms with Crippen molar-refractivity contribution in [2.24, 2.45) is 11.7 Å². The number of nitrogens with two attached hydrogens (primary N) is 1. The Kier molecular flexibility index (Phi) is 4.45. The smallest absolute Gasteiger partial charge is 0.317 e. The minimum absolute atomic E-state index is 0.0940. The number of carbonyl (C=O) groups excluding carboxylic acids is 2. The van der Waals surface area contributed by atoms with E-state index < -0.39 is 5.92 Å². The lowest BCUT2D eigenvalue weighted by Crippen LogP contribution is -2.58. The molecule has 2 atom stereocenters. The number of benzene rings is 1. The van der Waals surface area contributed by atoms with Crippen molar-refractivity contribution in [3.63, 3.8) is 0 Å². The number of fused-ring (bicyclic) bond motifs is 1. The zero-order valence-electron chi connectivity index (χ0n) is 15.0. The molecule has 6 heteroatoms. The predicted octanol–water partition coefficient (Wildman–Crippen LogP) is 1.64. The SMILES string of the molecule is CC(C)(C)NC(=O)N1CCN2C=C(c3ccccc3)C(C(N)=O)C2C1. The van der Waals surface area contributed by atoms with E-state index in [1.807, 2.05) is 57.3 Å². The largest absolute Gasteiger partial charge is 0.369 e. The second-order valence-corrected chi connectivity index (χ2v) is 7.76. The van der Waals surface area contributed by atoms with Gasteiger partial charge in [-0.3, -0.25) is 4.79 Å². The fourth-order valence-electron chi connectivity index (χ4n) is 3.56. The Morgan fingerprint density at radius 1 is 1.16 bits per heavy atom. The molecule has 1 saturated heterocycles. The van der Waals surface area contributed by atoms with Crippen LogP contribution in [0.2, 0.25) is 0 Å². The average Bonchev–Trinajstić information content (AvgIpc) is 2.92. The van der Waals surface area contributed by atoms with Gasteiger partial charge in [0.1, 0.15) is 0 Å². The molecule has 1 aromatic carbocycles. The average molecular weight is 342 g/mol. The number of nitrogens with zero attached hydrogens (tertiary/aromatic N) is 2. The van der Waals surface area contributed by atoms with Crippen molar-refractivity contribution in [1.29, 1.82) is 0 Å². The minimum Gasteiger partial charge on any atom is -0.369 e. The Hall–Kier alpha value is -2.50. The summed E-state index contributed by atoms with van der Waals surface area (Å²) in [6, 6.07) is 9.64. The van der Waals surface area contributed by atoms with E-state index in [1.54, 1.807) is 4.90 Å². The first-order valence-electron chi connectivity index (χ1n) is 8.65. The van der Waals surface area contributed by atoms with E-state index in [1.165, 1.54) is 0 Å². The van der Waals surface area contributed by atoms with Gasteiger partial charge in [-0.2, -0.15) is 0 Å². The Morgan fingerprint density at radius 2 is 1.84 bits per heavy atom. The molecular weight excluding hydrogens is 316 g/mol. The van der Waals surface area contributed by atoms with Crippen molar-refractivity contribution in [2.45, 2.75) is 32.4 Å². The van der Waals surface area contributed by atoms with Gasteiger partial charge in [0.2, 0.25) is 5.91 Å². The van der Waals surface area contributed by atoms with Crippen LogP contribution in [-0.2, 0) is 4.79 Å². The highest BCUT2D eigenvalue weighted by molar-refractivity contribution is 5.93. The van der Waals surface area contributed by atoms with E-state index in [9.17, 15) is 9.59 Å². The molecule has 2 aliphatic heterocycles. The first kappa shape index (κ1) is 17.3. The van der Waals surface area contributed by atoms with Gasteiger partial charge in [-0.1, -0.05) is 30.3 Å². The van der Waals surface area contributed by atoms with Crippen molar-refractivity contribution in [2.75, 3.05) is 19.6 Å². The van der Waals surface area contributed by atoms with E-state index in [-0.39, 0.29) is 23.5 Å². The van der Waals surface area contributed by atoms with Gasteiger partial charge in [-0.05, 0) is 31.9 Å². The number of carbonyl (C=O) groups is 2. The quantitative estimate of drug-likeness (QED) is 0.857. The number of amides is 3. The highest BCUT2D eigenvalue weighted by Crippen LogP contribution is 2.37. The van der Waals surface area contributed by atoms with Crippen molar-refractivity contribution < 1.29 is 9.59 Å². The van der Waals surface area contributed by atoms with Gasteiger partial charge in [0, 0.05) is 31.4 Å². The van der Waals surface area contributed by atoms with E-state index in [0.717, 1.165) is 11.1 Å². The Labute approximate surface area is 148 Å².